The molecular formula is C20H28N3O2S+. The minimum atomic E-state index is -0.0610. The molecule has 3 N–H and O–H groups in total. The highest BCUT2D eigenvalue weighted by Gasteiger charge is 2.17. The number of amides is 2. The van der Waals surface area contributed by atoms with Crippen molar-refractivity contribution >= 4 is 28.8 Å². The third-order valence-corrected chi connectivity index (χ3v) is 5.05. The van der Waals surface area contributed by atoms with Crippen molar-refractivity contribution < 1.29 is 14.5 Å². The summed E-state index contributed by atoms with van der Waals surface area (Å²) in [6, 6.07) is 11.8. The maximum atomic E-state index is 12.3. The fraction of sp³-hybridized carbons (Fsp3) is 0.400. The number of carbonyl (C=O) groups is 2. The van der Waals surface area contributed by atoms with E-state index in [0.29, 0.717) is 19.6 Å². The van der Waals surface area contributed by atoms with Crippen molar-refractivity contribution in [3.05, 3.63) is 52.2 Å². The van der Waals surface area contributed by atoms with Crippen LogP contribution in [0.3, 0.4) is 0 Å². The first-order valence-electron chi connectivity index (χ1n) is 9.06. The molecule has 0 saturated carbocycles. The molecule has 6 heteroatoms. The zero-order valence-electron chi connectivity index (χ0n) is 15.5. The summed E-state index contributed by atoms with van der Waals surface area (Å²) in [5.74, 6) is -0.0668. The average molecular weight is 375 g/mol. The number of rotatable bonds is 10. The Labute approximate surface area is 159 Å². The third-order valence-electron chi connectivity index (χ3n) is 4.12. The van der Waals surface area contributed by atoms with E-state index < -0.39 is 0 Å². The molecular weight excluding hydrogens is 346 g/mol. The van der Waals surface area contributed by atoms with Gasteiger partial charge in [-0.15, -0.1) is 11.3 Å². The smallest absolute Gasteiger partial charge is 0.279 e. The molecule has 1 aromatic carbocycles. The number of nitrogens with one attached hydrogen (secondary N) is 3. The van der Waals surface area contributed by atoms with Crippen molar-refractivity contribution in [2.45, 2.75) is 26.7 Å². The standard InChI is InChI=1S/C20H27N3O2S/c1-3-12-23(14-19(24)21-11-10-17-8-6-13-26-17)15-20(25)22-18-9-5-4-7-16(18)2/h4-9,13H,3,10-12,14-15H2,1-2H3,(H,21,24)(H,22,25)/p+1. The Hall–Kier alpha value is -2.18. The summed E-state index contributed by atoms with van der Waals surface area (Å²) in [6.07, 6.45) is 1.77. The number of benzene rings is 1. The van der Waals surface area contributed by atoms with E-state index >= 15 is 0 Å². The zero-order chi connectivity index (χ0) is 18.8. The van der Waals surface area contributed by atoms with Crippen LogP contribution >= 0.6 is 11.3 Å². The molecule has 1 heterocycles. The molecule has 0 aliphatic rings. The highest BCUT2D eigenvalue weighted by atomic mass is 32.1. The number of para-hydroxylation sites is 1. The van der Waals surface area contributed by atoms with Gasteiger partial charge >= 0.3 is 0 Å². The summed E-state index contributed by atoms with van der Waals surface area (Å²) < 4.78 is 0. The van der Waals surface area contributed by atoms with E-state index in [-0.39, 0.29) is 11.8 Å². The molecule has 0 bridgehead atoms. The van der Waals surface area contributed by atoms with Crippen LogP contribution in [0.2, 0.25) is 0 Å². The van der Waals surface area contributed by atoms with Gasteiger partial charge in [0.1, 0.15) is 0 Å². The first-order chi connectivity index (χ1) is 12.6. The van der Waals surface area contributed by atoms with Gasteiger partial charge in [-0.25, -0.2) is 0 Å². The van der Waals surface area contributed by atoms with Crippen LogP contribution in [0, 0.1) is 6.92 Å². The van der Waals surface area contributed by atoms with Crippen LogP contribution in [0.15, 0.2) is 41.8 Å². The SMILES string of the molecule is CCC[NH+](CC(=O)NCCc1cccs1)CC(=O)Nc1ccccc1C. The van der Waals surface area contributed by atoms with E-state index in [0.717, 1.165) is 35.5 Å². The Kier molecular flexibility index (Phi) is 8.31. The topological polar surface area (TPSA) is 62.6 Å². The van der Waals surface area contributed by atoms with E-state index in [9.17, 15) is 9.59 Å². The molecule has 1 atom stereocenters. The lowest BCUT2D eigenvalue weighted by Crippen LogP contribution is -3.14. The summed E-state index contributed by atoms with van der Waals surface area (Å²) in [6.45, 7) is 6.06. The summed E-state index contributed by atoms with van der Waals surface area (Å²) in [5, 5.41) is 7.94. The number of quaternary nitrogens is 1. The van der Waals surface area contributed by atoms with Crippen molar-refractivity contribution in [2.75, 3.05) is 31.5 Å². The Morgan fingerprint density at radius 1 is 1.08 bits per heavy atom. The predicted molar refractivity (Wildman–Crippen MR) is 107 cm³/mol. The highest BCUT2D eigenvalue weighted by Crippen LogP contribution is 2.12. The minimum absolute atomic E-state index is 0.00584. The van der Waals surface area contributed by atoms with E-state index in [2.05, 4.69) is 23.6 Å². The summed E-state index contributed by atoms with van der Waals surface area (Å²) >= 11 is 1.70. The second-order valence-corrected chi connectivity index (χ2v) is 7.43. The quantitative estimate of drug-likeness (QED) is 0.592. The van der Waals surface area contributed by atoms with Gasteiger partial charge in [0.15, 0.2) is 13.1 Å². The number of hydrogen-bond acceptors (Lipinski definition) is 3. The normalized spacial score (nSPS) is 11.8. The number of hydrogen-bond donors (Lipinski definition) is 3. The Bertz CT molecular complexity index is 701. The van der Waals surface area contributed by atoms with Crippen LogP contribution in [0.25, 0.3) is 0 Å². The minimum Gasteiger partial charge on any atom is -0.351 e. The number of carbonyl (C=O) groups excluding carboxylic acids is 2. The molecule has 0 aliphatic carbocycles. The lowest BCUT2D eigenvalue weighted by Gasteiger charge is -2.18. The van der Waals surface area contributed by atoms with Gasteiger partial charge in [-0.1, -0.05) is 31.2 Å². The summed E-state index contributed by atoms with van der Waals surface area (Å²) in [7, 11) is 0. The lowest BCUT2D eigenvalue weighted by molar-refractivity contribution is -0.883. The number of thiophene rings is 1. The second kappa shape index (κ2) is 10.7. The van der Waals surface area contributed by atoms with Crippen LogP contribution in [-0.2, 0) is 16.0 Å². The van der Waals surface area contributed by atoms with Crippen molar-refractivity contribution in [3.8, 4) is 0 Å². The third kappa shape index (κ3) is 6.98. The molecule has 0 fully saturated rings. The van der Waals surface area contributed by atoms with Crippen LogP contribution < -0.4 is 15.5 Å². The molecule has 140 valence electrons. The largest absolute Gasteiger partial charge is 0.351 e. The van der Waals surface area contributed by atoms with Gasteiger partial charge in [-0.3, -0.25) is 9.59 Å². The van der Waals surface area contributed by atoms with E-state index in [4.69, 9.17) is 0 Å². The van der Waals surface area contributed by atoms with Crippen LogP contribution in [-0.4, -0.2) is 38.0 Å². The maximum absolute atomic E-state index is 12.3. The van der Waals surface area contributed by atoms with E-state index in [1.807, 2.05) is 42.6 Å². The van der Waals surface area contributed by atoms with Gasteiger partial charge in [0.2, 0.25) is 0 Å². The van der Waals surface area contributed by atoms with Gasteiger partial charge in [-0.05, 0) is 42.8 Å². The summed E-state index contributed by atoms with van der Waals surface area (Å²) in [5.41, 5.74) is 1.86. The van der Waals surface area contributed by atoms with Crippen LogP contribution in [0.1, 0.15) is 23.8 Å². The first kappa shape index (κ1) is 20.1. The lowest BCUT2D eigenvalue weighted by atomic mass is 10.2. The molecule has 0 radical (unpaired) electrons. The molecule has 0 spiro atoms. The van der Waals surface area contributed by atoms with Gasteiger partial charge in [0.25, 0.3) is 11.8 Å². The number of anilines is 1. The number of aryl methyl sites for hydroxylation is 1. The molecule has 2 amide bonds. The van der Waals surface area contributed by atoms with Crippen molar-refractivity contribution in [1.82, 2.24) is 5.32 Å². The Balaban J connectivity index is 1.78. The molecule has 2 aromatic rings. The average Bonchev–Trinajstić information content (AvgIpc) is 3.10. The molecule has 0 aliphatic heterocycles. The Morgan fingerprint density at radius 3 is 2.54 bits per heavy atom. The van der Waals surface area contributed by atoms with Gasteiger partial charge in [-0.2, -0.15) is 0 Å². The molecule has 5 nitrogen and oxygen atoms in total. The van der Waals surface area contributed by atoms with E-state index in [1.165, 1.54) is 4.88 Å². The zero-order valence-corrected chi connectivity index (χ0v) is 16.3. The Morgan fingerprint density at radius 2 is 1.85 bits per heavy atom. The fourth-order valence-corrected chi connectivity index (χ4v) is 3.51. The fourth-order valence-electron chi connectivity index (χ4n) is 2.80. The molecule has 1 unspecified atom stereocenters. The molecule has 2 rings (SSSR count). The van der Waals surface area contributed by atoms with Gasteiger partial charge < -0.3 is 15.5 Å². The van der Waals surface area contributed by atoms with Gasteiger partial charge in [0, 0.05) is 17.1 Å². The van der Waals surface area contributed by atoms with Crippen molar-refractivity contribution in [3.63, 3.8) is 0 Å². The van der Waals surface area contributed by atoms with E-state index in [1.54, 1.807) is 11.3 Å². The monoisotopic (exact) mass is 374 g/mol. The molecule has 1 aromatic heterocycles. The summed E-state index contributed by atoms with van der Waals surface area (Å²) in [4.78, 5) is 26.8. The van der Waals surface area contributed by atoms with Crippen LogP contribution in [0.4, 0.5) is 5.69 Å². The van der Waals surface area contributed by atoms with Crippen molar-refractivity contribution in [1.29, 1.82) is 0 Å². The first-order valence-corrected chi connectivity index (χ1v) is 9.94. The van der Waals surface area contributed by atoms with Crippen molar-refractivity contribution in [2.24, 2.45) is 0 Å². The van der Waals surface area contributed by atoms with Gasteiger partial charge in [0.05, 0.1) is 6.54 Å². The predicted octanol–water partition coefficient (Wildman–Crippen LogP) is 1.65. The van der Waals surface area contributed by atoms with Crippen LogP contribution in [0.5, 0.6) is 0 Å². The molecule has 26 heavy (non-hydrogen) atoms. The second-order valence-electron chi connectivity index (χ2n) is 6.40. The maximum Gasteiger partial charge on any atom is 0.279 e. The highest BCUT2D eigenvalue weighted by molar-refractivity contribution is 7.09. The molecule has 0 saturated heterocycles.